The molecule has 158 valence electrons. The minimum Gasteiger partial charge on any atom is -0.350 e. The van der Waals surface area contributed by atoms with Crippen molar-refractivity contribution in [2.75, 3.05) is 25.5 Å². The van der Waals surface area contributed by atoms with Crippen molar-refractivity contribution >= 4 is 61.8 Å². The molecule has 1 amide bonds. The minimum atomic E-state index is -1.06. The van der Waals surface area contributed by atoms with Crippen LogP contribution in [0.15, 0.2) is 10.5 Å². The van der Waals surface area contributed by atoms with Gasteiger partial charge >= 0.3 is 6.08 Å². The third kappa shape index (κ3) is 3.50. The topological polar surface area (TPSA) is 67.2 Å². The number of halogens is 5. The molecule has 1 aliphatic rings. The summed E-state index contributed by atoms with van der Waals surface area (Å²) in [6, 6.07) is 1.49. The molecule has 0 N–H and O–H groups in total. The Morgan fingerprint density at radius 2 is 1.97 bits per heavy atom. The molecule has 4 rings (SSSR count). The van der Waals surface area contributed by atoms with Crippen molar-refractivity contribution < 1.29 is 13.6 Å². The van der Waals surface area contributed by atoms with E-state index >= 15 is 0 Å². The molecule has 12 heteroatoms. The Bertz CT molecular complexity index is 1190. The van der Waals surface area contributed by atoms with Gasteiger partial charge in [-0.3, -0.25) is 9.48 Å². The SMILES string of the molecule is CN(C)C(=O)c1nn2c(c1Cl)CN(c1nc(F)nc3c(F)c(Br)c(Cl)cc13)CCC2. The van der Waals surface area contributed by atoms with E-state index in [2.05, 4.69) is 31.0 Å². The number of rotatable bonds is 2. The molecule has 0 radical (unpaired) electrons. The first-order valence-electron chi connectivity index (χ1n) is 8.91. The van der Waals surface area contributed by atoms with Crippen LogP contribution in [0.2, 0.25) is 10.0 Å². The zero-order valence-electron chi connectivity index (χ0n) is 15.9. The molecule has 1 aliphatic heterocycles. The summed E-state index contributed by atoms with van der Waals surface area (Å²) in [4.78, 5) is 23.0. The van der Waals surface area contributed by atoms with E-state index in [0.29, 0.717) is 25.2 Å². The number of anilines is 1. The van der Waals surface area contributed by atoms with Gasteiger partial charge in [-0.1, -0.05) is 23.2 Å². The van der Waals surface area contributed by atoms with Crippen molar-refractivity contribution in [3.63, 3.8) is 0 Å². The maximum absolute atomic E-state index is 14.7. The fraction of sp³-hybridized carbons (Fsp3) is 0.333. The van der Waals surface area contributed by atoms with E-state index in [-0.39, 0.29) is 49.4 Å². The molecule has 0 aliphatic carbocycles. The first-order valence-corrected chi connectivity index (χ1v) is 10.5. The van der Waals surface area contributed by atoms with E-state index in [4.69, 9.17) is 23.2 Å². The third-order valence-corrected chi connectivity index (χ3v) is 6.52. The summed E-state index contributed by atoms with van der Waals surface area (Å²) in [7, 11) is 3.23. The molecule has 0 saturated carbocycles. The van der Waals surface area contributed by atoms with Crippen molar-refractivity contribution in [2.45, 2.75) is 19.5 Å². The highest BCUT2D eigenvalue weighted by atomic mass is 79.9. The summed E-state index contributed by atoms with van der Waals surface area (Å²) in [5, 5.41) is 4.97. The van der Waals surface area contributed by atoms with Crippen LogP contribution in [-0.4, -0.2) is 51.2 Å². The van der Waals surface area contributed by atoms with Gasteiger partial charge in [0.25, 0.3) is 5.91 Å². The number of amides is 1. The van der Waals surface area contributed by atoms with Crippen molar-refractivity contribution in [3.05, 3.63) is 43.9 Å². The number of hydrogen-bond donors (Lipinski definition) is 0. The summed E-state index contributed by atoms with van der Waals surface area (Å²) >= 11 is 15.6. The van der Waals surface area contributed by atoms with Crippen LogP contribution >= 0.6 is 39.1 Å². The van der Waals surface area contributed by atoms with Crippen LogP contribution in [-0.2, 0) is 13.1 Å². The van der Waals surface area contributed by atoms with Crippen molar-refractivity contribution in [1.82, 2.24) is 24.6 Å². The van der Waals surface area contributed by atoms with Crippen LogP contribution in [0.1, 0.15) is 22.6 Å². The predicted octanol–water partition coefficient (Wildman–Crippen LogP) is 4.29. The number of fused-ring (bicyclic) bond motifs is 2. The van der Waals surface area contributed by atoms with E-state index in [1.165, 1.54) is 11.0 Å². The first-order chi connectivity index (χ1) is 14.2. The van der Waals surface area contributed by atoms with Crippen LogP contribution in [0.4, 0.5) is 14.6 Å². The van der Waals surface area contributed by atoms with Gasteiger partial charge in [-0.15, -0.1) is 0 Å². The molecule has 1 aromatic carbocycles. The van der Waals surface area contributed by atoms with Crippen molar-refractivity contribution in [2.24, 2.45) is 0 Å². The average Bonchev–Trinajstić information content (AvgIpc) is 2.87. The van der Waals surface area contributed by atoms with E-state index in [9.17, 15) is 13.6 Å². The Kier molecular flexibility index (Phi) is 5.58. The Hall–Kier alpha value is -2.04. The van der Waals surface area contributed by atoms with E-state index in [1.54, 1.807) is 23.7 Å². The third-order valence-electron chi connectivity index (χ3n) is 4.82. The molecule has 2 aromatic heterocycles. The number of nitrogens with zero attached hydrogens (tertiary/aromatic N) is 6. The largest absolute Gasteiger partial charge is 0.350 e. The lowest BCUT2D eigenvalue weighted by Crippen LogP contribution is -2.25. The molecule has 3 heterocycles. The molecule has 0 unspecified atom stereocenters. The highest BCUT2D eigenvalue weighted by Gasteiger charge is 2.28. The predicted molar refractivity (Wildman–Crippen MR) is 113 cm³/mol. The number of benzene rings is 1. The second kappa shape index (κ2) is 7.90. The fourth-order valence-electron chi connectivity index (χ4n) is 3.38. The monoisotopic (exact) mass is 518 g/mol. The van der Waals surface area contributed by atoms with Gasteiger partial charge in [0.2, 0.25) is 0 Å². The lowest BCUT2D eigenvalue weighted by molar-refractivity contribution is 0.0821. The first kappa shape index (κ1) is 21.2. The van der Waals surface area contributed by atoms with Gasteiger partial charge < -0.3 is 9.80 Å². The maximum Gasteiger partial charge on any atom is 0.311 e. The lowest BCUT2D eigenvalue weighted by Gasteiger charge is -2.23. The van der Waals surface area contributed by atoms with Gasteiger partial charge in [0.15, 0.2) is 11.5 Å². The van der Waals surface area contributed by atoms with Gasteiger partial charge in [-0.25, -0.2) is 4.39 Å². The Balaban J connectivity index is 1.84. The standard InChI is InChI=1S/C18H15BrCl2F2N6O/c1-27(2)17(30)15-12(21)10-7-28(4-3-5-29(10)26-15)16-8-6-9(20)11(19)13(22)14(8)24-18(23)25-16/h6H,3-5,7H2,1-2H3. The molecule has 0 bridgehead atoms. The summed E-state index contributed by atoms with van der Waals surface area (Å²) in [6.45, 7) is 1.20. The normalized spacial score (nSPS) is 14.0. The van der Waals surface area contributed by atoms with Gasteiger partial charge in [-0.05, 0) is 28.4 Å². The molecule has 0 atom stereocenters. The van der Waals surface area contributed by atoms with E-state index in [0.717, 1.165) is 0 Å². The molecule has 0 saturated heterocycles. The van der Waals surface area contributed by atoms with Gasteiger partial charge in [-0.2, -0.15) is 19.5 Å². The maximum atomic E-state index is 14.7. The number of carbonyl (C=O) groups is 1. The highest BCUT2D eigenvalue weighted by Crippen LogP contribution is 2.36. The highest BCUT2D eigenvalue weighted by molar-refractivity contribution is 9.10. The number of carbonyl (C=O) groups excluding carboxylic acids is 1. The zero-order valence-corrected chi connectivity index (χ0v) is 19.0. The van der Waals surface area contributed by atoms with Gasteiger partial charge in [0.1, 0.15) is 11.3 Å². The smallest absolute Gasteiger partial charge is 0.311 e. The molecule has 0 spiro atoms. The van der Waals surface area contributed by atoms with Gasteiger partial charge in [0, 0.05) is 32.6 Å². The molecular formula is C18H15BrCl2F2N6O. The summed E-state index contributed by atoms with van der Waals surface area (Å²) in [5.41, 5.74) is 0.562. The van der Waals surface area contributed by atoms with Gasteiger partial charge in [0.05, 0.1) is 26.8 Å². The van der Waals surface area contributed by atoms with Crippen LogP contribution in [0.3, 0.4) is 0 Å². The molecule has 0 fully saturated rings. The zero-order chi connectivity index (χ0) is 21.7. The van der Waals surface area contributed by atoms with E-state index < -0.39 is 11.9 Å². The van der Waals surface area contributed by atoms with Crippen molar-refractivity contribution in [3.8, 4) is 0 Å². The van der Waals surface area contributed by atoms with Crippen LogP contribution < -0.4 is 4.90 Å². The Labute approximate surface area is 188 Å². The van der Waals surface area contributed by atoms with Crippen LogP contribution in [0, 0.1) is 11.9 Å². The summed E-state index contributed by atoms with van der Waals surface area (Å²) in [6.07, 6.45) is -0.432. The summed E-state index contributed by atoms with van der Waals surface area (Å²) < 4.78 is 30.5. The number of hydrogen-bond acceptors (Lipinski definition) is 5. The number of aryl methyl sites for hydroxylation is 1. The van der Waals surface area contributed by atoms with Crippen molar-refractivity contribution in [1.29, 1.82) is 0 Å². The Morgan fingerprint density at radius 3 is 2.67 bits per heavy atom. The molecule has 30 heavy (non-hydrogen) atoms. The second-order valence-corrected chi connectivity index (χ2v) is 8.58. The quantitative estimate of drug-likeness (QED) is 0.373. The average molecular weight is 520 g/mol. The second-order valence-electron chi connectivity index (χ2n) is 7.01. The molecule has 7 nitrogen and oxygen atoms in total. The summed E-state index contributed by atoms with van der Waals surface area (Å²) in [5.74, 6) is -0.891. The minimum absolute atomic E-state index is 0.00421. The lowest BCUT2D eigenvalue weighted by atomic mass is 10.2. The molecule has 3 aromatic rings. The number of aromatic nitrogens is 4. The Morgan fingerprint density at radius 1 is 1.23 bits per heavy atom. The fourth-order valence-corrected chi connectivity index (χ4v) is 4.15. The van der Waals surface area contributed by atoms with Crippen LogP contribution in [0.25, 0.3) is 10.9 Å². The van der Waals surface area contributed by atoms with Crippen LogP contribution in [0.5, 0.6) is 0 Å². The molecular weight excluding hydrogens is 505 g/mol. The van der Waals surface area contributed by atoms with E-state index in [1.807, 2.05) is 0 Å².